The summed E-state index contributed by atoms with van der Waals surface area (Å²) in [5.41, 5.74) is 1.17. The third kappa shape index (κ3) is 2.72. The van der Waals surface area contributed by atoms with Crippen LogP contribution < -0.4 is 0 Å². The first-order valence-electron chi connectivity index (χ1n) is 7.27. The average molecular weight is 259 g/mol. The van der Waals surface area contributed by atoms with Crippen molar-refractivity contribution in [1.29, 1.82) is 0 Å². The zero-order valence-electron chi connectivity index (χ0n) is 11.2. The first-order chi connectivity index (χ1) is 9.34. The number of nitrogens with zero attached hydrogens (tertiary/aromatic N) is 2. The van der Waals surface area contributed by atoms with Gasteiger partial charge in [0.1, 0.15) is 0 Å². The Morgan fingerprint density at radius 3 is 3.05 bits per heavy atom. The van der Waals surface area contributed by atoms with Gasteiger partial charge in [-0.2, -0.15) is 5.10 Å². The zero-order chi connectivity index (χ0) is 13.1. The number of rotatable bonds is 2. The molecule has 1 amide bonds. The molecule has 102 valence electrons. The summed E-state index contributed by atoms with van der Waals surface area (Å²) in [5, 5.41) is 7.07. The average Bonchev–Trinajstić information content (AvgIpc) is 3.02. The van der Waals surface area contributed by atoms with Crippen LogP contribution in [0.3, 0.4) is 0 Å². The number of aromatic nitrogens is 2. The number of allylic oxidation sites excluding steroid dienone is 2. The van der Waals surface area contributed by atoms with Crippen LogP contribution in [0, 0.1) is 5.92 Å². The smallest absolute Gasteiger partial charge is 0.226 e. The SMILES string of the molecule is O=C([C@H]1CC=CCC1)N1CCC[C@H](c2ccn[nH]2)C1. The molecule has 0 spiro atoms. The number of nitrogens with one attached hydrogen (secondary N) is 1. The molecule has 0 radical (unpaired) electrons. The van der Waals surface area contributed by atoms with E-state index < -0.39 is 0 Å². The van der Waals surface area contributed by atoms with Crippen molar-refractivity contribution >= 4 is 5.91 Å². The summed E-state index contributed by atoms with van der Waals surface area (Å²) in [7, 11) is 0. The maximum atomic E-state index is 12.5. The van der Waals surface area contributed by atoms with Crippen molar-refractivity contribution in [2.75, 3.05) is 13.1 Å². The molecule has 19 heavy (non-hydrogen) atoms. The molecule has 2 atom stereocenters. The van der Waals surface area contributed by atoms with Gasteiger partial charge in [-0.3, -0.25) is 9.89 Å². The molecule has 1 N–H and O–H groups in total. The Labute approximate surface area is 113 Å². The summed E-state index contributed by atoms with van der Waals surface area (Å²) in [6.07, 6.45) is 11.4. The Kier molecular flexibility index (Phi) is 3.67. The van der Waals surface area contributed by atoms with Gasteiger partial charge in [-0.25, -0.2) is 0 Å². The van der Waals surface area contributed by atoms with Crippen molar-refractivity contribution in [3.8, 4) is 0 Å². The number of aromatic amines is 1. The predicted octanol–water partition coefficient (Wildman–Crippen LogP) is 2.47. The van der Waals surface area contributed by atoms with E-state index in [1.807, 2.05) is 6.07 Å². The Hall–Kier alpha value is -1.58. The topological polar surface area (TPSA) is 49.0 Å². The molecule has 4 nitrogen and oxygen atoms in total. The van der Waals surface area contributed by atoms with Crippen LogP contribution in [0.2, 0.25) is 0 Å². The van der Waals surface area contributed by atoms with Gasteiger partial charge in [-0.1, -0.05) is 12.2 Å². The van der Waals surface area contributed by atoms with Crippen LogP contribution >= 0.6 is 0 Å². The monoisotopic (exact) mass is 259 g/mol. The normalized spacial score (nSPS) is 27.5. The second-order valence-corrected chi connectivity index (χ2v) is 5.62. The molecule has 0 bridgehead atoms. The quantitative estimate of drug-likeness (QED) is 0.829. The van der Waals surface area contributed by atoms with Gasteiger partial charge in [-0.15, -0.1) is 0 Å². The standard InChI is InChI=1S/C15H21N3O/c19-15(12-5-2-1-3-6-12)18-10-4-7-13(11-18)14-8-9-16-17-14/h1-2,8-9,12-13H,3-7,10-11H2,(H,16,17)/t12-,13-/m0/s1. The van der Waals surface area contributed by atoms with E-state index in [4.69, 9.17) is 0 Å². The molecule has 2 heterocycles. The van der Waals surface area contributed by atoms with Crippen LogP contribution in [-0.2, 0) is 4.79 Å². The maximum absolute atomic E-state index is 12.5. The van der Waals surface area contributed by atoms with Gasteiger partial charge in [0, 0.05) is 36.8 Å². The van der Waals surface area contributed by atoms with E-state index in [2.05, 4.69) is 27.2 Å². The molecule has 1 aromatic heterocycles. The van der Waals surface area contributed by atoms with E-state index in [9.17, 15) is 4.79 Å². The molecule has 1 aliphatic heterocycles. The lowest BCUT2D eigenvalue weighted by atomic mass is 9.90. The van der Waals surface area contributed by atoms with E-state index in [1.54, 1.807) is 6.20 Å². The number of likely N-dealkylation sites (tertiary alicyclic amines) is 1. The predicted molar refractivity (Wildman–Crippen MR) is 73.6 cm³/mol. The van der Waals surface area contributed by atoms with E-state index in [0.29, 0.717) is 11.8 Å². The molecule has 2 aliphatic rings. The highest BCUT2D eigenvalue weighted by Crippen LogP contribution is 2.28. The van der Waals surface area contributed by atoms with Gasteiger partial charge in [0.15, 0.2) is 0 Å². The first kappa shape index (κ1) is 12.5. The third-order valence-corrected chi connectivity index (χ3v) is 4.31. The third-order valence-electron chi connectivity index (χ3n) is 4.31. The second kappa shape index (κ2) is 5.59. The Bertz CT molecular complexity index is 452. The van der Waals surface area contributed by atoms with Crippen LogP contribution in [-0.4, -0.2) is 34.1 Å². The zero-order valence-corrected chi connectivity index (χ0v) is 11.2. The molecule has 3 rings (SSSR count). The van der Waals surface area contributed by atoms with Crippen LogP contribution in [0.4, 0.5) is 0 Å². The summed E-state index contributed by atoms with van der Waals surface area (Å²) >= 11 is 0. The fourth-order valence-electron chi connectivity index (χ4n) is 3.20. The van der Waals surface area contributed by atoms with Gasteiger partial charge < -0.3 is 4.90 Å². The van der Waals surface area contributed by atoms with Crippen molar-refractivity contribution in [2.45, 2.75) is 38.0 Å². The van der Waals surface area contributed by atoms with Gasteiger partial charge in [0.05, 0.1) is 0 Å². The van der Waals surface area contributed by atoms with Crippen molar-refractivity contribution in [1.82, 2.24) is 15.1 Å². The van der Waals surface area contributed by atoms with Crippen molar-refractivity contribution in [3.63, 3.8) is 0 Å². The summed E-state index contributed by atoms with van der Waals surface area (Å²) in [6.45, 7) is 1.77. The van der Waals surface area contributed by atoms with Gasteiger partial charge in [-0.05, 0) is 38.2 Å². The molecule has 1 aromatic rings. The van der Waals surface area contributed by atoms with Crippen molar-refractivity contribution in [3.05, 3.63) is 30.1 Å². The summed E-state index contributed by atoms with van der Waals surface area (Å²) < 4.78 is 0. The summed E-state index contributed by atoms with van der Waals surface area (Å²) in [6, 6.07) is 2.03. The second-order valence-electron chi connectivity index (χ2n) is 5.62. The van der Waals surface area contributed by atoms with Gasteiger partial charge in [0.2, 0.25) is 5.91 Å². The number of hydrogen-bond acceptors (Lipinski definition) is 2. The molecule has 0 saturated carbocycles. The number of carbonyl (C=O) groups excluding carboxylic acids is 1. The highest BCUT2D eigenvalue weighted by atomic mass is 16.2. The van der Waals surface area contributed by atoms with E-state index in [0.717, 1.165) is 45.2 Å². The highest BCUT2D eigenvalue weighted by Gasteiger charge is 2.29. The summed E-state index contributed by atoms with van der Waals surface area (Å²) in [5.74, 6) is 0.999. The number of H-pyrrole nitrogens is 1. The van der Waals surface area contributed by atoms with E-state index in [1.165, 1.54) is 5.69 Å². The van der Waals surface area contributed by atoms with Crippen LogP contribution in [0.25, 0.3) is 0 Å². The largest absolute Gasteiger partial charge is 0.342 e. The Morgan fingerprint density at radius 2 is 2.32 bits per heavy atom. The molecule has 0 aromatic carbocycles. The van der Waals surface area contributed by atoms with E-state index in [-0.39, 0.29) is 5.92 Å². The minimum atomic E-state index is 0.213. The Balaban J connectivity index is 1.64. The van der Waals surface area contributed by atoms with Crippen LogP contribution in [0.15, 0.2) is 24.4 Å². The Morgan fingerprint density at radius 1 is 1.37 bits per heavy atom. The highest BCUT2D eigenvalue weighted by molar-refractivity contribution is 5.79. The van der Waals surface area contributed by atoms with Gasteiger partial charge in [0.25, 0.3) is 0 Å². The van der Waals surface area contributed by atoms with Crippen molar-refractivity contribution < 1.29 is 4.79 Å². The molecular weight excluding hydrogens is 238 g/mol. The fourth-order valence-corrected chi connectivity index (χ4v) is 3.20. The van der Waals surface area contributed by atoms with Crippen LogP contribution in [0.1, 0.15) is 43.7 Å². The minimum absolute atomic E-state index is 0.213. The number of hydrogen-bond donors (Lipinski definition) is 1. The molecule has 1 fully saturated rings. The molecule has 4 heteroatoms. The lowest BCUT2D eigenvalue weighted by molar-refractivity contribution is -0.137. The molecule has 1 saturated heterocycles. The number of piperidine rings is 1. The molecule has 1 aliphatic carbocycles. The van der Waals surface area contributed by atoms with Crippen LogP contribution in [0.5, 0.6) is 0 Å². The lowest BCUT2D eigenvalue weighted by Crippen LogP contribution is -2.42. The molecular formula is C15H21N3O. The first-order valence-corrected chi connectivity index (χ1v) is 7.27. The van der Waals surface area contributed by atoms with Gasteiger partial charge >= 0.3 is 0 Å². The van der Waals surface area contributed by atoms with E-state index >= 15 is 0 Å². The number of amides is 1. The number of carbonyl (C=O) groups is 1. The lowest BCUT2D eigenvalue weighted by Gasteiger charge is -2.35. The maximum Gasteiger partial charge on any atom is 0.226 e. The summed E-state index contributed by atoms with van der Waals surface area (Å²) in [4.78, 5) is 14.6. The minimum Gasteiger partial charge on any atom is -0.342 e. The fraction of sp³-hybridized carbons (Fsp3) is 0.600. The van der Waals surface area contributed by atoms with Crippen molar-refractivity contribution in [2.24, 2.45) is 5.92 Å². The molecule has 0 unspecified atom stereocenters.